The van der Waals surface area contributed by atoms with E-state index in [-0.39, 0.29) is 10.8 Å². The summed E-state index contributed by atoms with van der Waals surface area (Å²) in [6, 6.07) is 13.0. The number of methoxy groups -OCH3 is 1. The van der Waals surface area contributed by atoms with Crippen molar-refractivity contribution in [1.82, 2.24) is 9.79 Å². The van der Waals surface area contributed by atoms with Crippen LogP contribution in [0.25, 0.3) is 0 Å². The highest BCUT2D eigenvalue weighted by Crippen LogP contribution is 2.15. The van der Waals surface area contributed by atoms with Gasteiger partial charge in [0.05, 0.1) is 19.1 Å². The van der Waals surface area contributed by atoms with Crippen LogP contribution in [0.3, 0.4) is 0 Å². The van der Waals surface area contributed by atoms with Crippen molar-refractivity contribution in [1.29, 1.82) is 0 Å². The van der Waals surface area contributed by atoms with Crippen LogP contribution in [-0.2, 0) is 21.4 Å². The molecule has 0 aliphatic heterocycles. The molecule has 2 aromatic carbocycles. The third-order valence-corrected chi connectivity index (χ3v) is 5.32. The first-order valence-corrected chi connectivity index (χ1v) is 8.86. The number of sulfonamides is 1. The molecular formula is C17H20N2O5S. The van der Waals surface area contributed by atoms with Gasteiger partial charge in [0.25, 0.3) is 15.9 Å². The molecule has 0 radical (unpaired) electrons. The van der Waals surface area contributed by atoms with Gasteiger partial charge in [-0.25, -0.2) is 8.42 Å². The van der Waals surface area contributed by atoms with E-state index in [0.29, 0.717) is 12.1 Å². The van der Waals surface area contributed by atoms with Gasteiger partial charge >= 0.3 is 0 Å². The minimum atomic E-state index is -3.73. The molecule has 1 N–H and O–H groups in total. The topological polar surface area (TPSA) is 84.9 Å². The number of nitrogens with zero attached hydrogens (tertiary/aromatic N) is 1. The van der Waals surface area contributed by atoms with Crippen molar-refractivity contribution >= 4 is 15.9 Å². The van der Waals surface area contributed by atoms with Crippen LogP contribution < -0.4 is 10.1 Å². The SMILES string of the molecule is COc1ccc(CNC(=O)c2ccc(S(=O)(=O)N(C)OC)cc2)cc1. The molecule has 8 heteroatoms. The van der Waals surface area contributed by atoms with E-state index in [1.807, 2.05) is 24.3 Å². The van der Waals surface area contributed by atoms with Gasteiger partial charge in [-0.3, -0.25) is 9.63 Å². The second-order valence-corrected chi connectivity index (χ2v) is 7.09. The van der Waals surface area contributed by atoms with Crippen molar-refractivity contribution in [2.24, 2.45) is 0 Å². The standard InChI is InChI=1S/C17H20N2O5S/c1-19(24-3)25(21,22)16-10-6-14(7-11-16)17(20)18-12-13-4-8-15(23-2)9-5-13/h4-11H,12H2,1-3H3,(H,18,20). The zero-order valence-electron chi connectivity index (χ0n) is 14.2. The van der Waals surface area contributed by atoms with Crippen LogP contribution in [0.5, 0.6) is 5.75 Å². The number of amides is 1. The van der Waals surface area contributed by atoms with E-state index in [1.54, 1.807) is 7.11 Å². The van der Waals surface area contributed by atoms with Gasteiger partial charge in [-0.05, 0) is 42.0 Å². The maximum absolute atomic E-state index is 12.2. The van der Waals surface area contributed by atoms with Crippen LogP contribution in [0.4, 0.5) is 0 Å². The molecule has 0 fully saturated rings. The Morgan fingerprint density at radius 2 is 1.64 bits per heavy atom. The van der Waals surface area contributed by atoms with Crippen LogP contribution >= 0.6 is 0 Å². The van der Waals surface area contributed by atoms with Crippen LogP contribution in [0.15, 0.2) is 53.4 Å². The number of nitrogens with one attached hydrogen (secondary N) is 1. The first-order chi connectivity index (χ1) is 11.9. The third-order valence-electron chi connectivity index (χ3n) is 3.62. The summed E-state index contributed by atoms with van der Waals surface area (Å²) < 4.78 is 30.0. The summed E-state index contributed by atoms with van der Waals surface area (Å²) >= 11 is 0. The highest BCUT2D eigenvalue weighted by Gasteiger charge is 2.20. The Kier molecular flexibility index (Phi) is 6.13. The Hall–Kier alpha value is -2.42. The molecule has 2 rings (SSSR count). The predicted octanol–water partition coefficient (Wildman–Crippen LogP) is 1.81. The molecule has 0 heterocycles. The summed E-state index contributed by atoms with van der Waals surface area (Å²) in [5.41, 5.74) is 1.29. The minimum absolute atomic E-state index is 0.0450. The molecule has 134 valence electrons. The van der Waals surface area contributed by atoms with Gasteiger partial charge in [0.1, 0.15) is 5.75 Å². The Morgan fingerprint density at radius 1 is 1.04 bits per heavy atom. The van der Waals surface area contributed by atoms with E-state index < -0.39 is 10.0 Å². The van der Waals surface area contributed by atoms with Crippen molar-refractivity contribution < 1.29 is 22.8 Å². The minimum Gasteiger partial charge on any atom is -0.497 e. The molecule has 0 unspecified atom stereocenters. The summed E-state index contributed by atoms with van der Waals surface area (Å²) in [4.78, 5) is 16.9. The average Bonchev–Trinajstić information content (AvgIpc) is 2.65. The molecule has 2 aromatic rings. The summed E-state index contributed by atoms with van der Waals surface area (Å²) in [5.74, 6) is 0.452. The number of carbonyl (C=O) groups excluding carboxylic acids is 1. The number of ether oxygens (including phenoxy) is 1. The lowest BCUT2D eigenvalue weighted by atomic mass is 10.2. The highest BCUT2D eigenvalue weighted by molar-refractivity contribution is 7.89. The molecule has 0 aromatic heterocycles. The second-order valence-electron chi connectivity index (χ2n) is 5.15. The van der Waals surface area contributed by atoms with Crippen molar-refractivity contribution in [3.8, 4) is 5.75 Å². The van der Waals surface area contributed by atoms with Crippen molar-refractivity contribution in [3.63, 3.8) is 0 Å². The molecule has 7 nitrogen and oxygen atoms in total. The second kappa shape index (κ2) is 8.11. The van der Waals surface area contributed by atoms with E-state index in [1.165, 1.54) is 38.4 Å². The summed E-state index contributed by atoms with van der Waals surface area (Å²) in [7, 11) is 0.421. The Labute approximate surface area is 147 Å². The monoisotopic (exact) mass is 364 g/mol. The van der Waals surface area contributed by atoms with E-state index in [4.69, 9.17) is 9.57 Å². The lowest BCUT2D eigenvalue weighted by Crippen LogP contribution is -2.26. The van der Waals surface area contributed by atoms with Gasteiger partial charge in [-0.2, -0.15) is 0 Å². The molecule has 0 saturated carbocycles. The van der Waals surface area contributed by atoms with Crippen molar-refractivity contribution in [2.75, 3.05) is 21.3 Å². The predicted molar refractivity (Wildman–Crippen MR) is 92.6 cm³/mol. The molecule has 0 aliphatic rings. The first-order valence-electron chi connectivity index (χ1n) is 7.42. The number of carbonyl (C=O) groups is 1. The fourth-order valence-corrected chi connectivity index (χ4v) is 3.03. The Bertz CT molecular complexity index is 817. The lowest BCUT2D eigenvalue weighted by Gasteiger charge is -2.14. The number of rotatable bonds is 7. The largest absolute Gasteiger partial charge is 0.497 e. The van der Waals surface area contributed by atoms with Gasteiger partial charge in [-0.15, -0.1) is 0 Å². The van der Waals surface area contributed by atoms with Gasteiger partial charge in [0, 0.05) is 19.2 Å². The fourth-order valence-electron chi connectivity index (χ4n) is 2.05. The number of hydrogen-bond donors (Lipinski definition) is 1. The van der Waals surface area contributed by atoms with Crippen molar-refractivity contribution in [2.45, 2.75) is 11.4 Å². The summed E-state index contributed by atoms with van der Waals surface area (Å²) in [6.07, 6.45) is 0. The van der Waals surface area contributed by atoms with Crippen LogP contribution in [0, 0.1) is 0 Å². The molecule has 0 spiro atoms. The first kappa shape index (κ1) is 18.9. The molecule has 1 amide bonds. The quantitative estimate of drug-likeness (QED) is 0.758. The maximum Gasteiger partial charge on any atom is 0.264 e. The van der Waals surface area contributed by atoms with Crippen LogP contribution in [0.2, 0.25) is 0 Å². The van der Waals surface area contributed by atoms with E-state index >= 15 is 0 Å². The Morgan fingerprint density at radius 3 is 2.16 bits per heavy atom. The van der Waals surface area contributed by atoms with E-state index in [2.05, 4.69) is 5.32 Å². The number of hydroxylamine groups is 1. The lowest BCUT2D eigenvalue weighted by molar-refractivity contribution is -0.0258. The smallest absolute Gasteiger partial charge is 0.264 e. The van der Waals surface area contributed by atoms with Crippen LogP contribution in [0.1, 0.15) is 15.9 Å². The van der Waals surface area contributed by atoms with Gasteiger partial charge in [0.15, 0.2) is 0 Å². The van der Waals surface area contributed by atoms with Gasteiger partial charge in [-0.1, -0.05) is 16.6 Å². The van der Waals surface area contributed by atoms with Crippen molar-refractivity contribution in [3.05, 3.63) is 59.7 Å². The fraction of sp³-hybridized carbons (Fsp3) is 0.235. The van der Waals surface area contributed by atoms with Gasteiger partial charge < -0.3 is 10.1 Å². The van der Waals surface area contributed by atoms with Gasteiger partial charge in [0.2, 0.25) is 0 Å². The molecule has 25 heavy (non-hydrogen) atoms. The molecule has 0 bridgehead atoms. The summed E-state index contributed by atoms with van der Waals surface area (Å²) in [5, 5.41) is 2.78. The summed E-state index contributed by atoms with van der Waals surface area (Å²) in [6.45, 7) is 0.356. The number of benzene rings is 2. The molecular weight excluding hydrogens is 344 g/mol. The van der Waals surface area contributed by atoms with E-state index in [0.717, 1.165) is 15.8 Å². The molecule has 0 aliphatic carbocycles. The van der Waals surface area contributed by atoms with E-state index in [9.17, 15) is 13.2 Å². The molecule has 0 atom stereocenters. The number of hydrogen-bond acceptors (Lipinski definition) is 5. The maximum atomic E-state index is 12.2. The molecule has 0 saturated heterocycles. The highest BCUT2D eigenvalue weighted by atomic mass is 32.2. The zero-order valence-corrected chi connectivity index (χ0v) is 15.0. The van der Waals surface area contributed by atoms with Crippen LogP contribution in [-0.4, -0.2) is 40.1 Å². The Balaban J connectivity index is 2.02. The third kappa shape index (κ3) is 4.56. The zero-order chi connectivity index (χ0) is 18.4. The average molecular weight is 364 g/mol. The normalized spacial score (nSPS) is 11.4.